The van der Waals surface area contributed by atoms with Gasteiger partial charge in [0.1, 0.15) is 5.75 Å². The van der Waals surface area contributed by atoms with Crippen molar-refractivity contribution in [2.24, 2.45) is 4.99 Å². The molecule has 0 radical (unpaired) electrons. The van der Waals surface area contributed by atoms with E-state index >= 15 is 0 Å². The van der Waals surface area contributed by atoms with Crippen molar-refractivity contribution in [3.05, 3.63) is 29.8 Å². The fourth-order valence-electron chi connectivity index (χ4n) is 2.50. The molecule has 1 fully saturated rings. The van der Waals surface area contributed by atoms with Gasteiger partial charge in [-0.15, -0.1) is 24.0 Å². The molecule has 1 heterocycles. The number of halogens is 4. The Balaban J connectivity index is 0.00000338. The molecule has 0 bridgehead atoms. The Morgan fingerprint density at radius 3 is 2.58 bits per heavy atom. The minimum atomic E-state index is -4.33. The lowest BCUT2D eigenvalue weighted by Crippen LogP contribution is -2.38. The number of rotatable bonds is 7. The van der Waals surface area contributed by atoms with E-state index in [9.17, 15) is 13.2 Å². The molecule has 1 aliphatic rings. The first-order chi connectivity index (χ1) is 12.0. The lowest BCUT2D eigenvalue weighted by atomic mass is 10.2. The van der Waals surface area contributed by atoms with Gasteiger partial charge in [-0.1, -0.05) is 12.1 Å². The first-order valence-corrected chi connectivity index (χ1v) is 8.31. The molecular weight excluding hydrogens is 462 g/mol. The van der Waals surface area contributed by atoms with Crippen LogP contribution in [0.1, 0.15) is 24.8 Å². The number of hydrogen-bond acceptors (Lipinski definition) is 3. The molecule has 9 heteroatoms. The molecule has 1 unspecified atom stereocenters. The predicted molar refractivity (Wildman–Crippen MR) is 105 cm³/mol. The van der Waals surface area contributed by atoms with E-state index in [1.54, 1.807) is 19.2 Å². The fraction of sp³-hybridized carbons (Fsp3) is 0.588. The zero-order valence-electron chi connectivity index (χ0n) is 14.6. The van der Waals surface area contributed by atoms with Crippen molar-refractivity contribution in [2.75, 3.05) is 26.8 Å². The Hall–Kier alpha value is -1.23. The molecule has 0 aliphatic carbocycles. The van der Waals surface area contributed by atoms with Crippen LogP contribution in [0, 0.1) is 0 Å². The van der Waals surface area contributed by atoms with Gasteiger partial charge in [0.05, 0.1) is 6.10 Å². The molecule has 0 saturated carbocycles. The SMILES string of the molecule is CN=C(NCCC1CCCO1)NCc1ccc(OCC(F)(F)F)cc1.I. The zero-order valence-corrected chi connectivity index (χ0v) is 17.0. The third-order valence-corrected chi connectivity index (χ3v) is 3.79. The Kier molecular flexibility index (Phi) is 10.1. The highest BCUT2D eigenvalue weighted by Crippen LogP contribution is 2.18. The van der Waals surface area contributed by atoms with Gasteiger partial charge in [-0.25, -0.2) is 0 Å². The lowest BCUT2D eigenvalue weighted by Gasteiger charge is -2.14. The maximum atomic E-state index is 12.1. The molecule has 1 atom stereocenters. The van der Waals surface area contributed by atoms with E-state index in [1.807, 2.05) is 0 Å². The van der Waals surface area contributed by atoms with Crippen LogP contribution in [0.25, 0.3) is 0 Å². The maximum Gasteiger partial charge on any atom is 0.422 e. The average molecular weight is 487 g/mol. The third-order valence-electron chi connectivity index (χ3n) is 3.79. The second kappa shape index (κ2) is 11.5. The predicted octanol–water partition coefficient (Wildman–Crippen LogP) is 3.48. The number of aliphatic imine (C=N–C) groups is 1. The lowest BCUT2D eigenvalue weighted by molar-refractivity contribution is -0.153. The topological polar surface area (TPSA) is 54.9 Å². The van der Waals surface area contributed by atoms with Crippen molar-refractivity contribution >= 4 is 29.9 Å². The van der Waals surface area contributed by atoms with Crippen LogP contribution in [0.15, 0.2) is 29.3 Å². The van der Waals surface area contributed by atoms with E-state index in [1.165, 1.54) is 12.1 Å². The molecule has 0 aromatic heterocycles. The number of guanidine groups is 1. The summed E-state index contributed by atoms with van der Waals surface area (Å²) in [5.74, 6) is 0.871. The normalized spacial score (nSPS) is 17.5. The van der Waals surface area contributed by atoms with Crippen LogP contribution in [0.2, 0.25) is 0 Å². The van der Waals surface area contributed by atoms with E-state index < -0.39 is 12.8 Å². The van der Waals surface area contributed by atoms with Crippen molar-refractivity contribution in [2.45, 2.75) is 38.1 Å². The van der Waals surface area contributed by atoms with Gasteiger partial charge in [0.25, 0.3) is 0 Å². The number of nitrogens with zero attached hydrogens (tertiary/aromatic N) is 1. The zero-order chi connectivity index (χ0) is 18.1. The van der Waals surface area contributed by atoms with Crippen molar-refractivity contribution in [1.29, 1.82) is 0 Å². The minimum Gasteiger partial charge on any atom is -0.484 e. The van der Waals surface area contributed by atoms with Gasteiger partial charge >= 0.3 is 6.18 Å². The van der Waals surface area contributed by atoms with Gasteiger partial charge in [0, 0.05) is 26.7 Å². The van der Waals surface area contributed by atoms with E-state index in [-0.39, 0.29) is 29.7 Å². The molecule has 0 spiro atoms. The highest BCUT2D eigenvalue weighted by atomic mass is 127. The van der Waals surface area contributed by atoms with E-state index in [2.05, 4.69) is 20.4 Å². The number of alkyl halides is 3. The summed E-state index contributed by atoms with van der Waals surface area (Å²) in [6.45, 7) is 0.847. The molecule has 1 aromatic rings. The molecule has 148 valence electrons. The quantitative estimate of drug-likeness (QED) is 0.352. The number of ether oxygens (including phenoxy) is 2. The summed E-state index contributed by atoms with van der Waals surface area (Å²) in [4.78, 5) is 4.15. The monoisotopic (exact) mass is 487 g/mol. The summed E-state index contributed by atoms with van der Waals surface area (Å²) in [7, 11) is 1.69. The van der Waals surface area contributed by atoms with Gasteiger partial charge in [-0.3, -0.25) is 4.99 Å². The number of nitrogens with one attached hydrogen (secondary N) is 2. The molecule has 26 heavy (non-hydrogen) atoms. The van der Waals surface area contributed by atoms with Crippen LogP contribution in [0.4, 0.5) is 13.2 Å². The highest BCUT2D eigenvalue weighted by Gasteiger charge is 2.28. The Morgan fingerprint density at radius 2 is 2.00 bits per heavy atom. The van der Waals surface area contributed by atoms with E-state index in [0.717, 1.165) is 38.0 Å². The van der Waals surface area contributed by atoms with Crippen molar-refractivity contribution in [3.63, 3.8) is 0 Å². The van der Waals surface area contributed by atoms with Gasteiger partial charge in [-0.05, 0) is 37.0 Å². The maximum absolute atomic E-state index is 12.1. The Bertz CT molecular complexity index is 547. The molecule has 1 aromatic carbocycles. The van der Waals surface area contributed by atoms with Gasteiger partial charge < -0.3 is 20.1 Å². The summed E-state index contributed by atoms with van der Waals surface area (Å²) in [5.41, 5.74) is 0.918. The average Bonchev–Trinajstić information content (AvgIpc) is 3.10. The van der Waals surface area contributed by atoms with Crippen LogP contribution in [-0.4, -0.2) is 45.0 Å². The smallest absolute Gasteiger partial charge is 0.422 e. The second-order valence-corrected chi connectivity index (χ2v) is 5.82. The number of hydrogen-bond donors (Lipinski definition) is 2. The summed E-state index contributed by atoms with van der Waals surface area (Å²) in [5, 5.41) is 6.39. The molecule has 1 saturated heterocycles. The largest absolute Gasteiger partial charge is 0.484 e. The molecule has 2 N–H and O–H groups in total. The van der Waals surface area contributed by atoms with Crippen molar-refractivity contribution in [3.8, 4) is 5.75 Å². The highest BCUT2D eigenvalue weighted by molar-refractivity contribution is 14.0. The van der Waals surface area contributed by atoms with Crippen LogP contribution in [0.3, 0.4) is 0 Å². The van der Waals surface area contributed by atoms with Crippen LogP contribution < -0.4 is 15.4 Å². The summed E-state index contributed by atoms with van der Waals surface area (Å²) in [6.07, 6.45) is -0.833. The molecule has 1 aliphatic heterocycles. The molecular formula is C17H25F3IN3O2. The van der Waals surface area contributed by atoms with Gasteiger partial charge in [0.15, 0.2) is 12.6 Å². The van der Waals surface area contributed by atoms with Crippen molar-refractivity contribution in [1.82, 2.24) is 10.6 Å². The fourth-order valence-corrected chi connectivity index (χ4v) is 2.50. The Morgan fingerprint density at radius 1 is 1.27 bits per heavy atom. The van der Waals surface area contributed by atoms with E-state index in [0.29, 0.717) is 18.6 Å². The van der Waals surface area contributed by atoms with Gasteiger partial charge in [-0.2, -0.15) is 13.2 Å². The second-order valence-electron chi connectivity index (χ2n) is 5.82. The van der Waals surface area contributed by atoms with E-state index in [4.69, 9.17) is 4.74 Å². The molecule has 0 amide bonds. The van der Waals surface area contributed by atoms with Gasteiger partial charge in [0.2, 0.25) is 0 Å². The number of benzene rings is 1. The molecule has 2 rings (SSSR count). The summed E-state index contributed by atoms with van der Waals surface area (Å²) >= 11 is 0. The summed E-state index contributed by atoms with van der Waals surface area (Å²) in [6, 6.07) is 6.49. The van der Waals surface area contributed by atoms with Crippen LogP contribution in [-0.2, 0) is 11.3 Å². The standard InChI is InChI=1S/C17H24F3N3O2.HI/c1-21-16(22-9-8-14-3-2-10-24-14)23-11-13-4-6-15(7-5-13)25-12-17(18,19)20;/h4-7,14H,2-3,8-12H2,1H3,(H2,21,22,23);1H. The Labute approximate surface area is 168 Å². The van der Waals surface area contributed by atoms with Crippen LogP contribution >= 0.6 is 24.0 Å². The first kappa shape index (κ1) is 22.8. The first-order valence-electron chi connectivity index (χ1n) is 8.31. The summed E-state index contributed by atoms with van der Waals surface area (Å²) < 4.78 is 46.6. The third kappa shape index (κ3) is 8.93. The molecule has 5 nitrogen and oxygen atoms in total. The van der Waals surface area contributed by atoms with Crippen molar-refractivity contribution < 1.29 is 22.6 Å². The minimum absolute atomic E-state index is 0. The van der Waals surface area contributed by atoms with Crippen LogP contribution in [0.5, 0.6) is 5.75 Å².